The predicted octanol–water partition coefficient (Wildman–Crippen LogP) is 3.05. The fourth-order valence-electron chi connectivity index (χ4n) is 3.08. The molecule has 4 rings (SSSR count). The molecule has 9 nitrogen and oxygen atoms in total. The van der Waals surface area contributed by atoms with Crippen molar-refractivity contribution in [1.82, 2.24) is 19.7 Å². The molecule has 0 bridgehead atoms. The zero-order valence-corrected chi connectivity index (χ0v) is 15.9. The average molecular weight is 408 g/mol. The molecule has 10 heteroatoms. The van der Waals surface area contributed by atoms with E-state index in [2.05, 4.69) is 20.4 Å². The maximum atomic E-state index is 13.3. The van der Waals surface area contributed by atoms with Crippen LogP contribution in [-0.4, -0.2) is 19.7 Å². The van der Waals surface area contributed by atoms with Gasteiger partial charge in [0.15, 0.2) is 5.82 Å². The van der Waals surface area contributed by atoms with Gasteiger partial charge in [0, 0.05) is 6.07 Å². The zero-order chi connectivity index (χ0) is 20.5. The lowest BCUT2D eigenvalue weighted by Gasteiger charge is -2.20. The number of hydrogen-bond acceptors (Lipinski definition) is 8. The van der Waals surface area contributed by atoms with Crippen LogP contribution in [0.15, 0.2) is 52.1 Å². The first kappa shape index (κ1) is 18.5. The number of aromatic nitrogens is 4. The van der Waals surface area contributed by atoms with E-state index in [0.717, 1.165) is 0 Å². The Morgan fingerprint density at radius 2 is 2.21 bits per heavy atom. The normalized spacial score (nSPS) is 11.9. The van der Waals surface area contributed by atoms with Crippen molar-refractivity contribution in [1.29, 1.82) is 5.26 Å². The van der Waals surface area contributed by atoms with Gasteiger partial charge in [-0.25, -0.2) is 4.98 Å². The number of fused-ring (bicyclic) bond motifs is 1. The number of rotatable bonds is 4. The van der Waals surface area contributed by atoms with Gasteiger partial charge in [-0.2, -0.15) is 10.2 Å². The van der Waals surface area contributed by atoms with Crippen molar-refractivity contribution in [2.45, 2.75) is 13.0 Å². The van der Waals surface area contributed by atoms with Gasteiger partial charge >= 0.3 is 0 Å². The predicted molar refractivity (Wildman–Crippen MR) is 108 cm³/mol. The van der Waals surface area contributed by atoms with Crippen LogP contribution < -0.4 is 16.6 Å². The highest BCUT2D eigenvalue weighted by Crippen LogP contribution is 2.27. The van der Waals surface area contributed by atoms with Crippen molar-refractivity contribution < 1.29 is 4.52 Å². The first-order valence-electron chi connectivity index (χ1n) is 8.53. The number of anilines is 2. The minimum absolute atomic E-state index is 0.0258. The maximum Gasteiger partial charge on any atom is 0.266 e. The highest BCUT2D eigenvalue weighted by atomic mass is 35.5. The summed E-state index contributed by atoms with van der Waals surface area (Å²) in [5, 5.41) is 17.7. The lowest BCUT2D eigenvalue weighted by Crippen LogP contribution is -2.26. The van der Waals surface area contributed by atoms with E-state index in [1.807, 2.05) is 19.1 Å². The Labute approximate surface area is 169 Å². The quantitative estimate of drug-likeness (QED) is 0.526. The number of nitrogen functional groups attached to an aromatic ring is 1. The van der Waals surface area contributed by atoms with Crippen molar-refractivity contribution in [2.24, 2.45) is 0 Å². The monoisotopic (exact) mass is 407 g/mol. The van der Waals surface area contributed by atoms with Crippen molar-refractivity contribution >= 4 is 34.1 Å². The number of nitrogens with zero attached hydrogens (tertiary/aromatic N) is 5. The second-order valence-electron chi connectivity index (χ2n) is 6.24. The Hall–Kier alpha value is -3.90. The number of benzene rings is 1. The molecule has 0 saturated carbocycles. The molecule has 0 unspecified atom stereocenters. The third-order valence-electron chi connectivity index (χ3n) is 4.40. The topological polar surface area (TPSA) is 136 Å². The Balaban J connectivity index is 1.91. The molecule has 3 N–H and O–H groups in total. The number of hydrogen-bond donors (Lipinski definition) is 2. The molecule has 0 amide bonds. The maximum absolute atomic E-state index is 13.3. The van der Waals surface area contributed by atoms with Gasteiger partial charge in [0.1, 0.15) is 23.7 Å². The third-order valence-corrected chi connectivity index (χ3v) is 4.72. The fraction of sp³-hybridized carbons (Fsp3) is 0.105. The molecule has 0 saturated heterocycles. The summed E-state index contributed by atoms with van der Waals surface area (Å²) in [5.41, 5.74) is 6.11. The summed E-state index contributed by atoms with van der Waals surface area (Å²) >= 11 is 6.27. The van der Waals surface area contributed by atoms with Crippen molar-refractivity contribution in [3.63, 3.8) is 0 Å². The van der Waals surface area contributed by atoms with Gasteiger partial charge in [-0.1, -0.05) is 28.9 Å². The molecule has 4 aromatic rings. The summed E-state index contributed by atoms with van der Waals surface area (Å²) in [6, 6.07) is 10.2. The van der Waals surface area contributed by atoms with Gasteiger partial charge in [-0.15, -0.1) is 0 Å². The van der Waals surface area contributed by atoms with E-state index < -0.39 is 6.04 Å². The van der Waals surface area contributed by atoms with Gasteiger partial charge in [0.2, 0.25) is 5.95 Å². The van der Waals surface area contributed by atoms with Crippen LogP contribution in [0.4, 0.5) is 11.8 Å². The molecule has 29 heavy (non-hydrogen) atoms. The van der Waals surface area contributed by atoms with E-state index in [0.29, 0.717) is 27.3 Å². The van der Waals surface area contributed by atoms with Gasteiger partial charge < -0.3 is 15.6 Å². The molecule has 0 aliphatic carbocycles. The molecule has 1 aromatic carbocycles. The van der Waals surface area contributed by atoms with Crippen molar-refractivity contribution in [2.75, 3.05) is 11.1 Å². The van der Waals surface area contributed by atoms with E-state index in [4.69, 9.17) is 21.9 Å². The molecular weight excluding hydrogens is 394 g/mol. The van der Waals surface area contributed by atoms with Crippen LogP contribution in [0.2, 0.25) is 5.02 Å². The van der Waals surface area contributed by atoms with Gasteiger partial charge in [0.05, 0.1) is 28.3 Å². The Morgan fingerprint density at radius 3 is 2.93 bits per heavy atom. The molecule has 144 valence electrons. The molecule has 0 spiro atoms. The van der Waals surface area contributed by atoms with Crippen LogP contribution >= 0.6 is 11.6 Å². The smallest absolute Gasteiger partial charge is 0.266 e. The van der Waals surface area contributed by atoms with Crippen LogP contribution in [0.25, 0.3) is 16.6 Å². The largest absolute Gasteiger partial charge is 0.368 e. The van der Waals surface area contributed by atoms with Crippen LogP contribution in [-0.2, 0) is 0 Å². The molecule has 3 aromatic heterocycles. The first-order chi connectivity index (χ1) is 14.0. The van der Waals surface area contributed by atoms with Gasteiger partial charge in [-0.3, -0.25) is 9.36 Å². The Morgan fingerprint density at radius 1 is 1.38 bits per heavy atom. The van der Waals surface area contributed by atoms with E-state index in [1.165, 1.54) is 17.0 Å². The summed E-state index contributed by atoms with van der Waals surface area (Å²) in [6.45, 7) is 1.82. The molecule has 0 aliphatic heterocycles. The average Bonchev–Trinajstić information content (AvgIpc) is 3.22. The van der Waals surface area contributed by atoms with Gasteiger partial charge in [-0.05, 0) is 24.4 Å². The first-order valence-corrected chi connectivity index (χ1v) is 8.91. The second kappa shape index (κ2) is 7.26. The van der Waals surface area contributed by atoms with E-state index in [9.17, 15) is 10.1 Å². The summed E-state index contributed by atoms with van der Waals surface area (Å²) in [7, 11) is 0. The molecule has 0 fully saturated rings. The molecule has 0 aliphatic rings. The molecule has 1 atom stereocenters. The van der Waals surface area contributed by atoms with Crippen LogP contribution in [0, 0.1) is 11.3 Å². The highest BCUT2D eigenvalue weighted by molar-refractivity contribution is 6.35. The highest BCUT2D eigenvalue weighted by Gasteiger charge is 2.20. The lowest BCUT2D eigenvalue weighted by molar-refractivity contribution is 0.415. The van der Waals surface area contributed by atoms with Crippen LogP contribution in [0.3, 0.4) is 0 Å². The van der Waals surface area contributed by atoms with E-state index in [1.54, 1.807) is 24.3 Å². The summed E-state index contributed by atoms with van der Waals surface area (Å²) in [5.74, 6) is 0.596. The van der Waals surface area contributed by atoms with Crippen molar-refractivity contribution in [3.05, 3.63) is 69.4 Å². The number of nitrogens with one attached hydrogen (secondary N) is 1. The minimum Gasteiger partial charge on any atom is -0.368 e. The summed E-state index contributed by atoms with van der Waals surface area (Å²) in [6.07, 6.45) is 2.71. The van der Waals surface area contributed by atoms with Crippen LogP contribution in [0.5, 0.6) is 0 Å². The van der Waals surface area contributed by atoms with Crippen molar-refractivity contribution in [3.8, 4) is 11.9 Å². The SMILES string of the molecule is C[C@H](Nc1nc(N)ncc1C#N)c1cc2cccc(Cl)c2c(=O)n1-c1ccon1. The van der Waals surface area contributed by atoms with Crippen LogP contribution in [0.1, 0.15) is 24.2 Å². The summed E-state index contributed by atoms with van der Waals surface area (Å²) < 4.78 is 6.34. The number of pyridine rings is 1. The number of halogens is 1. The molecular formula is C19H14ClN7O2. The Kier molecular flexibility index (Phi) is 4.62. The molecule has 3 heterocycles. The van der Waals surface area contributed by atoms with E-state index >= 15 is 0 Å². The Bertz CT molecular complexity index is 1310. The number of nitriles is 1. The van der Waals surface area contributed by atoms with Gasteiger partial charge in [0.25, 0.3) is 5.56 Å². The standard InChI is InChI=1S/C19H14ClN7O2/c1-10(24-17-12(8-21)9-23-19(22)25-17)14-7-11-3-2-4-13(20)16(11)18(28)27(14)15-5-6-29-26-15/h2-7,9-10H,1H3,(H3,22,23,24,25)/t10-/m0/s1. The lowest BCUT2D eigenvalue weighted by atomic mass is 10.1. The third kappa shape index (κ3) is 3.26. The van der Waals surface area contributed by atoms with E-state index in [-0.39, 0.29) is 22.9 Å². The second-order valence-corrected chi connectivity index (χ2v) is 6.65. The number of nitrogens with two attached hydrogens (primary N) is 1. The zero-order valence-electron chi connectivity index (χ0n) is 15.1. The summed E-state index contributed by atoms with van der Waals surface area (Å²) in [4.78, 5) is 21.2. The minimum atomic E-state index is -0.454. The fourth-order valence-corrected chi connectivity index (χ4v) is 3.35. The molecule has 0 radical (unpaired) electrons.